The van der Waals surface area contributed by atoms with Gasteiger partial charge >= 0.3 is 0 Å². The number of rotatable bonds is 5. The fraction of sp³-hybridized carbons (Fsp3) is 0.381. The standard InChI is InChI=1S/C21H26N2O2/c1-16-10-12-23(13-11-16)15-18-8-6-17(7-9-18)14-22-21(25)19-4-2-3-5-20(19)24/h2-9,16,24H,10-15H2,1H3,(H,22,25). The molecule has 0 aliphatic carbocycles. The van der Waals surface area contributed by atoms with Crippen LogP contribution in [0.15, 0.2) is 48.5 Å². The van der Waals surface area contributed by atoms with Gasteiger partial charge in [-0.1, -0.05) is 43.3 Å². The monoisotopic (exact) mass is 338 g/mol. The van der Waals surface area contributed by atoms with Gasteiger partial charge in [0.25, 0.3) is 5.91 Å². The quantitative estimate of drug-likeness (QED) is 0.876. The third kappa shape index (κ3) is 4.83. The van der Waals surface area contributed by atoms with E-state index in [1.807, 2.05) is 0 Å². The first-order valence-electron chi connectivity index (χ1n) is 8.98. The average molecular weight is 338 g/mol. The van der Waals surface area contributed by atoms with Crippen LogP contribution in [-0.4, -0.2) is 29.0 Å². The van der Waals surface area contributed by atoms with E-state index >= 15 is 0 Å². The summed E-state index contributed by atoms with van der Waals surface area (Å²) in [7, 11) is 0. The second-order valence-electron chi connectivity index (χ2n) is 6.97. The number of carbonyl (C=O) groups is 1. The van der Waals surface area contributed by atoms with Gasteiger partial charge in [0.05, 0.1) is 5.56 Å². The highest BCUT2D eigenvalue weighted by Gasteiger charge is 2.15. The molecular weight excluding hydrogens is 312 g/mol. The first-order valence-corrected chi connectivity index (χ1v) is 8.98. The minimum absolute atomic E-state index is 0.00574. The summed E-state index contributed by atoms with van der Waals surface area (Å²) < 4.78 is 0. The fourth-order valence-electron chi connectivity index (χ4n) is 3.18. The van der Waals surface area contributed by atoms with Gasteiger partial charge in [0, 0.05) is 13.1 Å². The molecule has 4 nitrogen and oxygen atoms in total. The molecule has 132 valence electrons. The SMILES string of the molecule is CC1CCN(Cc2ccc(CNC(=O)c3ccccc3O)cc2)CC1. The predicted molar refractivity (Wildman–Crippen MR) is 99.4 cm³/mol. The van der Waals surface area contributed by atoms with Crippen molar-refractivity contribution in [1.82, 2.24) is 10.2 Å². The van der Waals surface area contributed by atoms with Crippen LogP contribution in [0.4, 0.5) is 0 Å². The number of aromatic hydroxyl groups is 1. The lowest BCUT2D eigenvalue weighted by Gasteiger charge is -2.30. The molecule has 2 N–H and O–H groups in total. The van der Waals surface area contributed by atoms with Gasteiger partial charge in [-0.25, -0.2) is 0 Å². The molecule has 2 aromatic rings. The summed E-state index contributed by atoms with van der Waals surface area (Å²) in [6.45, 7) is 6.14. The van der Waals surface area contributed by atoms with E-state index < -0.39 is 0 Å². The van der Waals surface area contributed by atoms with E-state index in [9.17, 15) is 9.90 Å². The fourth-order valence-corrected chi connectivity index (χ4v) is 3.18. The normalized spacial score (nSPS) is 15.9. The number of nitrogens with zero attached hydrogens (tertiary/aromatic N) is 1. The van der Waals surface area contributed by atoms with Gasteiger partial charge in [0.15, 0.2) is 0 Å². The molecule has 1 fully saturated rings. The number of phenols is 1. The number of para-hydroxylation sites is 1. The van der Waals surface area contributed by atoms with Crippen molar-refractivity contribution in [2.45, 2.75) is 32.9 Å². The Morgan fingerprint density at radius 3 is 2.40 bits per heavy atom. The van der Waals surface area contributed by atoms with E-state index in [1.54, 1.807) is 18.2 Å². The first-order chi connectivity index (χ1) is 12.1. The van der Waals surface area contributed by atoms with E-state index in [1.165, 1.54) is 37.6 Å². The maximum Gasteiger partial charge on any atom is 0.255 e. The van der Waals surface area contributed by atoms with Crippen LogP contribution in [0, 0.1) is 5.92 Å². The van der Waals surface area contributed by atoms with Crippen LogP contribution in [-0.2, 0) is 13.1 Å². The molecule has 25 heavy (non-hydrogen) atoms. The number of likely N-dealkylation sites (tertiary alicyclic amines) is 1. The number of hydrogen-bond acceptors (Lipinski definition) is 3. The molecule has 0 saturated carbocycles. The lowest BCUT2D eigenvalue weighted by atomic mass is 9.99. The van der Waals surface area contributed by atoms with Gasteiger partial charge < -0.3 is 10.4 Å². The van der Waals surface area contributed by atoms with Gasteiger partial charge in [-0.3, -0.25) is 9.69 Å². The Hall–Kier alpha value is -2.33. The number of piperidine rings is 1. The molecule has 3 rings (SSSR count). The Labute approximate surface area is 149 Å². The van der Waals surface area contributed by atoms with Crippen LogP contribution in [0.2, 0.25) is 0 Å². The van der Waals surface area contributed by atoms with Crippen molar-refractivity contribution in [2.24, 2.45) is 5.92 Å². The molecule has 0 aromatic heterocycles. The van der Waals surface area contributed by atoms with Crippen molar-refractivity contribution in [2.75, 3.05) is 13.1 Å². The Bertz CT molecular complexity index is 704. The van der Waals surface area contributed by atoms with Gasteiger partial charge in [-0.2, -0.15) is 0 Å². The molecule has 1 heterocycles. The van der Waals surface area contributed by atoms with Crippen LogP contribution in [0.1, 0.15) is 41.3 Å². The van der Waals surface area contributed by atoms with E-state index in [2.05, 4.69) is 41.4 Å². The molecule has 0 bridgehead atoms. The van der Waals surface area contributed by atoms with Crippen molar-refractivity contribution in [3.05, 3.63) is 65.2 Å². The summed E-state index contributed by atoms with van der Waals surface area (Å²) in [5.74, 6) is 0.599. The number of nitrogens with one attached hydrogen (secondary N) is 1. The summed E-state index contributed by atoms with van der Waals surface area (Å²) >= 11 is 0. The summed E-state index contributed by atoms with van der Waals surface area (Å²) in [6.07, 6.45) is 2.58. The Kier molecular flexibility index (Phi) is 5.71. The smallest absolute Gasteiger partial charge is 0.255 e. The van der Waals surface area contributed by atoms with Gasteiger partial charge in [-0.05, 0) is 55.1 Å². The molecule has 1 aliphatic rings. The number of hydrogen-bond donors (Lipinski definition) is 2. The van der Waals surface area contributed by atoms with E-state index in [-0.39, 0.29) is 11.7 Å². The highest BCUT2D eigenvalue weighted by molar-refractivity contribution is 5.96. The summed E-state index contributed by atoms with van der Waals surface area (Å²) in [5, 5.41) is 12.6. The molecule has 2 aromatic carbocycles. The lowest BCUT2D eigenvalue weighted by molar-refractivity contribution is 0.0948. The second kappa shape index (κ2) is 8.17. The molecule has 0 spiro atoms. The van der Waals surface area contributed by atoms with Crippen LogP contribution >= 0.6 is 0 Å². The van der Waals surface area contributed by atoms with Crippen LogP contribution in [0.5, 0.6) is 5.75 Å². The minimum atomic E-state index is -0.260. The number of amides is 1. The number of benzene rings is 2. The highest BCUT2D eigenvalue weighted by atomic mass is 16.3. The maximum atomic E-state index is 12.1. The number of phenolic OH excluding ortho intramolecular Hbond substituents is 1. The summed E-state index contributed by atoms with van der Waals surface area (Å²) in [6, 6.07) is 15.0. The zero-order valence-electron chi connectivity index (χ0n) is 14.7. The molecule has 0 atom stereocenters. The number of carbonyl (C=O) groups excluding carboxylic acids is 1. The van der Waals surface area contributed by atoms with Crippen molar-refractivity contribution >= 4 is 5.91 Å². The van der Waals surface area contributed by atoms with Crippen molar-refractivity contribution < 1.29 is 9.90 Å². The minimum Gasteiger partial charge on any atom is -0.507 e. The van der Waals surface area contributed by atoms with E-state index in [0.717, 1.165) is 18.0 Å². The first kappa shape index (κ1) is 17.5. The molecule has 0 unspecified atom stereocenters. The molecule has 1 aliphatic heterocycles. The molecule has 1 saturated heterocycles. The topological polar surface area (TPSA) is 52.6 Å². The Morgan fingerprint density at radius 2 is 1.72 bits per heavy atom. The van der Waals surface area contributed by atoms with Crippen LogP contribution in [0.25, 0.3) is 0 Å². The largest absolute Gasteiger partial charge is 0.507 e. The molecule has 0 radical (unpaired) electrons. The summed E-state index contributed by atoms with van der Waals surface area (Å²) in [5.41, 5.74) is 2.67. The Balaban J connectivity index is 1.51. The maximum absolute atomic E-state index is 12.1. The van der Waals surface area contributed by atoms with Crippen molar-refractivity contribution in [3.63, 3.8) is 0 Å². The molecular formula is C21H26N2O2. The summed E-state index contributed by atoms with van der Waals surface area (Å²) in [4.78, 5) is 14.6. The average Bonchev–Trinajstić information content (AvgIpc) is 2.63. The zero-order chi connectivity index (χ0) is 17.6. The predicted octanol–water partition coefficient (Wildman–Crippen LogP) is 3.55. The third-order valence-corrected chi connectivity index (χ3v) is 4.91. The van der Waals surface area contributed by atoms with E-state index in [0.29, 0.717) is 12.1 Å². The van der Waals surface area contributed by atoms with Crippen molar-refractivity contribution in [1.29, 1.82) is 0 Å². The van der Waals surface area contributed by atoms with Gasteiger partial charge in [0.1, 0.15) is 5.75 Å². The highest BCUT2D eigenvalue weighted by Crippen LogP contribution is 2.18. The molecule has 4 heteroatoms. The molecule has 1 amide bonds. The zero-order valence-corrected chi connectivity index (χ0v) is 14.7. The van der Waals surface area contributed by atoms with E-state index in [4.69, 9.17) is 0 Å². The van der Waals surface area contributed by atoms with Crippen LogP contribution in [0.3, 0.4) is 0 Å². The van der Waals surface area contributed by atoms with Crippen LogP contribution < -0.4 is 5.32 Å². The van der Waals surface area contributed by atoms with Gasteiger partial charge in [-0.15, -0.1) is 0 Å². The Morgan fingerprint density at radius 1 is 1.08 bits per heavy atom. The lowest BCUT2D eigenvalue weighted by Crippen LogP contribution is -2.32. The second-order valence-corrected chi connectivity index (χ2v) is 6.97. The third-order valence-electron chi connectivity index (χ3n) is 4.91. The van der Waals surface area contributed by atoms with Gasteiger partial charge in [0.2, 0.25) is 0 Å². The van der Waals surface area contributed by atoms with Crippen molar-refractivity contribution in [3.8, 4) is 5.75 Å².